The summed E-state index contributed by atoms with van der Waals surface area (Å²) in [6, 6.07) is 12.7. The first-order valence-electron chi connectivity index (χ1n) is 5.86. The zero-order chi connectivity index (χ0) is 13.1. The normalized spacial score (nSPS) is 11.2. The molecule has 0 saturated heterocycles. The van der Waals surface area contributed by atoms with Crippen LogP contribution in [0.3, 0.4) is 0 Å². The number of hydrogen-bond donors (Lipinski definition) is 1. The summed E-state index contributed by atoms with van der Waals surface area (Å²) in [5.74, 6) is 0.215. The Labute approximate surface area is 110 Å². The quantitative estimate of drug-likeness (QED) is 0.710. The summed E-state index contributed by atoms with van der Waals surface area (Å²) in [7, 11) is 0. The Balaban J connectivity index is 1.95. The van der Waals surface area contributed by atoms with Crippen LogP contribution in [-0.4, -0.2) is 21.3 Å². The molecule has 1 N–H and O–H groups in total. The van der Waals surface area contributed by atoms with Crippen LogP contribution < -0.4 is 0 Å². The lowest BCUT2D eigenvalue weighted by atomic mass is 10.2. The van der Waals surface area contributed by atoms with Crippen LogP contribution in [0.4, 0.5) is 5.69 Å². The molecule has 2 aromatic carbocycles. The Morgan fingerprint density at radius 3 is 2.58 bits per heavy atom. The molecule has 0 amide bonds. The summed E-state index contributed by atoms with van der Waals surface area (Å²) in [6.07, 6.45) is 4.94. The van der Waals surface area contributed by atoms with Crippen molar-refractivity contribution in [1.82, 2.24) is 9.97 Å². The average molecular weight is 249 g/mol. The van der Waals surface area contributed by atoms with Gasteiger partial charge in [0.2, 0.25) is 0 Å². The standard InChI is InChI=1S/C15H11N3O/c19-15-4-2-1-3-11(15)10-18-12-5-6-13-14(9-12)17-8-7-16-13/h1-10,19H. The van der Waals surface area contributed by atoms with Gasteiger partial charge in [-0.1, -0.05) is 12.1 Å². The first-order valence-corrected chi connectivity index (χ1v) is 5.86. The van der Waals surface area contributed by atoms with Crippen LogP contribution in [0.5, 0.6) is 5.75 Å². The monoisotopic (exact) mass is 249 g/mol. The molecule has 0 saturated carbocycles. The van der Waals surface area contributed by atoms with Gasteiger partial charge in [0.05, 0.1) is 16.7 Å². The lowest BCUT2D eigenvalue weighted by Gasteiger charge is -1.99. The number of fused-ring (bicyclic) bond motifs is 1. The number of phenolic OH excluding ortho intramolecular Hbond substituents is 1. The maximum Gasteiger partial charge on any atom is 0.124 e. The lowest BCUT2D eigenvalue weighted by molar-refractivity contribution is 0.474. The molecule has 0 radical (unpaired) electrons. The van der Waals surface area contributed by atoms with Gasteiger partial charge in [-0.15, -0.1) is 0 Å². The van der Waals surface area contributed by atoms with Crippen LogP contribution in [0, 0.1) is 0 Å². The highest BCUT2D eigenvalue weighted by Crippen LogP contribution is 2.19. The van der Waals surface area contributed by atoms with Crippen LogP contribution in [0.1, 0.15) is 5.56 Å². The summed E-state index contributed by atoms with van der Waals surface area (Å²) < 4.78 is 0. The number of para-hydroxylation sites is 1. The smallest absolute Gasteiger partial charge is 0.124 e. The second kappa shape index (κ2) is 4.86. The topological polar surface area (TPSA) is 58.4 Å². The van der Waals surface area contributed by atoms with Crippen molar-refractivity contribution >= 4 is 22.9 Å². The highest BCUT2D eigenvalue weighted by molar-refractivity contribution is 5.86. The number of aromatic hydroxyl groups is 1. The molecule has 0 bridgehead atoms. The molecule has 0 unspecified atom stereocenters. The molecule has 0 atom stereocenters. The lowest BCUT2D eigenvalue weighted by Crippen LogP contribution is -1.83. The molecule has 0 aliphatic heterocycles. The third-order valence-electron chi connectivity index (χ3n) is 2.74. The molecular weight excluding hydrogens is 238 g/mol. The number of hydrogen-bond acceptors (Lipinski definition) is 4. The van der Waals surface area contributed by atoms with Crippen molar-refractivity contribution in [1.29, 1.82) is 0 Å². The first kappa shape index (κ1) is 11.3. The van der Waals surface area contributed by atoms with Crippen molar-refractivity contribution in [2.75, 3.05) is 0 Å². The summed E-state index contributed by atoms with van der Waals surface area (Å²) in [4.78, 5) is 12.8. The minimum absolute atomic E-state index is 0.215. The van der Waals surface area contributed by atoms with E-state index in [1.165, 1.54) is 0 Å². The zero-order valence-electron chi connectivity index (χ0n) is 10.1. The Hall–Kier alpha value is -2.75. The van der Waals surface area contributed by atoms with Crippen molar-refractivity contribution in [3.8, 4) is 5.75 Å². The van der Waals surface area contributed by atoms with Crippen LogP contribution in [0.2, 0.25) is 0 Å². The van der Waals surface area contributed by atoms with E-state index in [1.807, 2.05) is 24.3 Å². The van der Waals surface area contributed by atoms with Gasteiger partial charge in [-0.3, -0.25) is 15.0 Å². The van der Waals surface area contributed by atoms with Crippen LogP contribution in [-0.2, 0) is 0 Å². The third kappa shape index (κ3) is 2.42. The predicted molar refractivity (Wildman–Crippen MR) is 74.9 cm³/mol. The first-order chi connectivity index (χ1) is 9.33. The second-order valence-electron chi connectivity index (χ2n) is 4.05. The molecule has 0 fully saturated rings. The average Bonchev–Trinajstić information content (AvgIpc) is 2.46. The number of nitrogens with zero attached hydrogens (tertiary/aromatic N) is 3. The minimum atomic E-state index is 0.215. The molecule has 0 aliphatic rings. The van der Waals surface area contributed by atoms with E-state index in [4.69, 9.17) is 0 Å². The Bertz CT molecular complexity index is 753. The fourth-order valence-corrected chi connectivity index (χ4v) is 1.77. The molecule has 4 nitrogen and oxygen atoms in total. The molecule has 1 heterocycles. The Kier molecular flexibility index (Phi) is 2.90. The van der Waals surface area contributed by atoms with Gasteiger partial charge < -0.3 is 5.11 Å². The Morgan fingerprint density at radius 1 is 0.947 bits per heavy atom. The van der Waals surface area contributed by atoms with Crippen LogP contribution in [0.25, 0.3) is 11.0 Å². The number of phenols is 1. The summed E-state index contributed by atoms with van der Waals surface area (Å²) in [5.41, 5.74) is 3.09. The molecule has 0 spiro atoms. The van der Waals surface area contributed by atoms with Gasteiger partial charge in [-0.25, -0.2) is 0 Å². The largest absolute Gasteiger partial charge is 0.507 e. The molecule has 3 aromatic rings. The van der Waals surface area contributed by atoms with E-state index in [2.05, 4.69) is 15.0 Å². The highest BCUT2D eigenvalue weighted by atomic mass is 16.3. The van der Waals surface area contributed by atoms with Crippen molar-refractivity contribution in [2.24, 2.45) is 4.99 Å². The van der Waals surface area contributed by atoms with E-state index in [1.54, 1.807) is 36.8 Å². The van der Waals surface area contributed by atoms with Gasteiger partial charge in [-0.05, 0) is 30.3 Å². The van der Waals surface area contributed by atoms with Gasteiger partial charge in [0.25, 0.3) is 0 Å². The van der Waals surface area contributed by atoms with E-state index < -0.39 is 0 Å². The van der Waals surface area contributed by atoms with E-state index in [-0.39, 0.29) is 5.75 Å². The van der Waals surface area contributed by atoms with E-state index in [9.17, 15) is 5.11 Å². The zero-order valence-corrected chi connectivity index (χ0v) is 10.1. The van der Waals surface area contributed by atoms with Gasteiger partial charge in [0.15, 0.2) is 0 Å². The fraction of sp³-hybridized carbons (Fsp3) is 0. The van der Waals surface area contributed by atoms with E-state index >= 15 is 0 Å². The van der Waals surface area contributed by atoms with Gasteiger partial charge in [0, 0.05) is 24.2 Å². The number of rotatable bonds is 2. The van der Waals surface area contributed by atoms with Crippen molar-refractivity contribution in [3.63, 3.8) is 0 Å². The van der Waals surface area contributed by atoms with Crippen molar-refractivity contribution < 1.29 is 5.11 Å². The predicted octanol–water partition coefficient (Wildman–Crippen LogP) is 3.09. The van der Waals surface area contributed by atoms with Crippen molar-refractivity contribution in [2.45, 2.75) is 0 Å². The van der Waals surface area contributed by atoms with Crippen molar-refractivity contribution in [3.05, 3.63) is 60.4 Å². The highest BCUT2D eigenvalue weighted by Gasteiger charge is 1.98. The van der Waals surface area contributed by atoms with Gasteiger partial charge >= 0.3 is 0 Å². The number of aromatic nitrogens is 2. The molecule has 3 rings (SSSR count). The van der Waals surface area contributed by atoms with Gasteiger partial charge in [-0.2, -0.15) is 0 Å². The van der Waals surface area contributed by atoms with E-state index in [0.29, 0.717) is 5.56 Å². The molecule has 1 aromatic heterocycles. The SMILES string of the molecule is Oc1ccccc1C=Nc1ccc2nccnc2c1. The second-order valence-corrected chi connectivity index (χ2v) is 4.05. The van der Waals surface area contributed by atoms with Crippen LogP contribution in [0.15, 0.2) is 59.9 Å². The number of benzene rings is 2. The maximum atomic E-state index is 9.65. The minimum Gasteiger partial charge on any atom is -0.507 e. The maximum absolute atomic E-state index is 9.65. The molecule has 19 heavy (non-hydrogen) atoms. The summed E-state index contributed by atoms with van der Waals surface area (Å²) >= 11 is 0. The molecule has 92 valence electrons. The number of aliphatic imine (C=N–C) groups is 1. The van der Waals surface area contributed by atoms with E-state index in [0.717, 1.165) is 16.7 Å². The molecular formula is C15H11N3O. The van der Waals surface area contributed by atoms with Gasteiger partial charge in [0.1, 0.15) is 5.75 Å². The summed E-state index contributed by atoms with van der Waals surface area (Å²) in [5, 5.41) is 9.65. The Morgan fingerprint density at radius 2 is 1.74 bits per heavy atom. The molecule has 0 aliphatic carbocycles. The third-order valence-corrected chi connectivity index (χ3v) is 2.74. The van der Waals surface area contributed by atoms with Crippen LogP contribution >= 0.6 is 0 Å². The summed E-state index contributed by atoms with van der Waals surface area (Å²) in [6.45, 7) is 0. The fourth-order valence-electron chi connectivity index (χ4n) is 1.77. The molecule has 4 heteroatoms.